The monoisotopic (exact) mass is 487 g/mol. The van der Waals surface area contributed by atoms with Gasteiger partial charge < -0.3 is 15.5 Å². The van der Waals surface area contributed by atoms with Crippen molar-refractivity contribution in [2.75, 3.05) is 31.1 Å². The molecule has 0 spiro atoms. The van der Waals surface area contributed by atoms with E-state index in [1.165, 1.54) is 3.57 Å². The fourth-order valence-corrected chi connectivity index (χ4v) is 3.93. The molecule has 6 nitrogen and oxygen atoms in total. The Morgan fingerprint density at radius 1 is 1.00 bits per heavy atom. The van der Waals surface area contributed by atoms with E-state index in [1.807, 2.05) is 17.0 Å². The smallest absolute Gasteiger partial charge is 0.239 e. The SMILES string of the molecule is C[C@@H](N)C(=O)N1CCN(c2nnc(-c3ccc(I)cc3)c3ccccc23)CC1. The second-order valence-corrected chi connectivity index (χ2v) is 8.27. The van der Waals surface area contributed by atoms with E-state index >= 15 is 0 Å². The van der Waals surface area contributed by atoms with E-state index in [1.54, 1.807) is 6.92 Å². The highest BCUT2D eigenvalue weighted by atomic mass is 127. The van der Waals surface area contributed by atoms with Crippen LogP contribution >= 0.6 is 22.6 Å². The Kier molecular flexibility index (Phi) is 5.45. The van der Waals surface area contributed by atoms with Crippen LogP contribution < -0.4 is 10.6 Å². The molecule has 4 rings (SSSR count). The van der Waals surface area contributed by atoms with E-state index < -0.39 is 6.04 Å². The Morgan fingerprint density at radius 2 is 1.64 bits per heavy atom. The van der Waals surface area contributed by atoms with Gasteiger partial charge in [0.25, 0.3) is 0 Å². The van der Waals surface area contributed by atoms with Crippen molar-refractivity contribution in [3.05, 3.63) is 52.1 Å². The molecule has 0 bridgehead atoms. The van der Waals surface area contributed by atoms with Gasteiger partial charge in [-0.1, -0.05) is 36.4 Å². The van der Waals surface area contributed by atoms with E-state index in [4.69, 9.17) is 5.73 Å². The summed E-state index contributed by atoms with van der Waals surface area (Å²) in [4.78, 5) is 16.2. The zero-order valence-corrected chi connectivity index (χ0v) is 17.8. The van der Waals surface area contributed by atoms with Crippen molar-refractivity contribution in [3.8, 4) is 11.3 Å². The van der Waals surface area contributed by atoms with Crippen LogP contribution in [0, 0.1) is 3.57 Å². The minimum absolute atomic E-state index is 0.00431. The maximum Gasteiger partial charge on any atom is 0.239 e. The molecule has 0 saturated carbocycles. The van der Waals surface area contributed by atoms with Crippen molar-refractivity contribution in [2.45, 2.75) is 13.0 Å². The molecule has 0 aliphatic carbocycles. The minimum Gasteiger partial charge on any atom is -0.351 e. The van der Waals surface area contributed by atoms with Crippen molar-refractivity contribution in [1.82, 2.24) is 15.1 Å². The van der Waals surface area contributed by atoms with Gasteiger partial charge in [0.2, 0.25) is 5.91 Å². The fraction of sp³-hybridized carbons (Fsp3) is 0.286. The Balaban J connectivity index is 1.66. The number of anilines is 1. The summed E-state index contributed by atoms with van der Waals surface area (Å²) in [7, 11) is 0. The molecule has 0 radical (unpaired) electrons. The maximum atomic E-state index is 12.1. The molecule has 28 heavy (non-hydrogen) atoms. The predicted molar refractivity (Wildman–Crippen MR) is 120 cm³/mol. The molecule has 2 heterocycles. The highest BCUT2D eigenvalue weighted by Crippen LogP contribution is 2.32. The molecule has 2 aromatic carbocycles. The first-order chi connectivity index (χ1) is 13.5. The van der Waals surface area contributed by atoms with E-state index in [0.29, 0.717) is 13.1 Å². The zero-order chi connectivity index (χ0) is 19.7. The summed E-state index contributed by atoms with van der Waals surface area (Å²) in [6, 6.07) is 16.1. The van der Waals surface area contributed by atoms with E-state index in [2.05, 4.69) is 74.1 Å². The molecule has 1 fully saturated rings. The molecule has 1 amide bonds. The third-order valence-corrected chi connectivity index (χ3v) is 5.79. The lowest BCUT2D eigenvalue weighted by Crippen LogP contribution is -2.52. The lowest BCUT2D eigenvalue weighted by Gasteiger charge is -2.36. The Hall–Kier alpha value is -2.26. The van der Waals surface area contributed by atoms with Gasteiger partial charge in [-0.15, -0.1) is 10.2 Å². The van der Waals surface area contributed by atoms with Crippen molar-refractivity contribution < 1.29 is 4.79 Å². The predicted octanol–water partition coefficient (Wildman–Crippen LogP) is 2.90. The van der Waals surface area contributed by atoms with Gasteiger partial charge in [0.05, 0.1) is 6.04 Å². The molecule has 7 heteroatoms. The Morgan fingerprint density at radius 3 is 2.29 bits per heavy atom. The summed E-state index contributed by atoms with van der Waals surface area (Å²) in [5.41, 5.74) is 7.69. The maximum absolute atomic E-state index is 12.1. The van der Waals surface area contributed by atoms with E-state index in [0.717, 1.165) is 40.9 Å². The number of nitrogens with two attached hydrogens (primary N) is 1. The highest BCUT2D eigenvalue weighted by molar-refractivity contribution is 14.1. The molecule has 1 atom stereocenters. The average molecular weight is 487 g/mol. The first-order valence-corrected chi connectivity index (χ1v) is 10.4. The second kappa shape index (κ2) is 8.00. The van der Waals surface area contributed by atoms with Crippen LogP contribution in [0.1, 0.15) is 6.92 Å². The topological polar surface area (TPSA) is 75.4 Å². The fourth-order valence-electron chi connectivity index (χ4n) is 3.57. The summed E-state index contributed by atoms with van der Waals surface area (Å²) in [6.07, 6.45) is 0. The molecule has 1 aliphatic heterocycles. The minimum atomic E-state index is -0.458. The number of carbonyl (C=O) groups excluding carboxylic acids is 1. The van der Waals surface area contributed by atoms with Crippen molar-refractivity contribution in [1.29, 1.82) is 0 Å². The Labute approximate surface area is 177 Å². The summed E-state index contributed by atoms with van der Waals surface area (Å²) >= 11 is 2.30. The van der Waals surface area contributed by atoms with Crippen LogP contribution in [0.15, 0.2) is 48.5 Å². The van der Waals surface area contributed by atoms with Gasteiger partial charge in [-0.05, 0) is 41.6 Å². The number of hydrogen-bond acceptors (Lipinski definition) is 5. The summed E-state index contributed by atoms with van der Waals surface area (Å²) < 4.78 is 1.19. The van der Waals surface area contributed by atoms with Gasteiger partial charge in [-0.3, -0.25) is 4.79 Å². The van der Waals surface area contributed by atoms with Crippen molar-refractivity contribution in [3.63, 3.8) is 0 Å². The number of halogens is 1. The number of hydrogen-bond donors (Lipinski definition) is 1. The third-order valence-electron chi connectivity index (χ3n) is 5.07. The number of fused-ring (bicyclic) bond motifs is 1. The Bertz CT molecular complexity index is 997. The number of benzene rings is 2. The zero-order valence-electron chi connectivity index (χ0n) is 15.7. The molecular formula is C21H22IN5O. The summed E-state index contributed by atoms with van der Waals surface area (Å²) in [6.45, 7) is 4.47. The molecule has 144 valence electrons. The van der Waals surface area contributed by atoms with Crippen LogP contribution in [0.25, 0.3) is 22.0 Å². The standard InChI is InChI=1S/C21H22IN5O/c1-14(23)21(28)27-12-10-26(11-13-27)20-18-5-3-2-4-17(18)19(24-25-20)15-6-8-16(22)9-7-15/h2-9,14H,10-13,23H2,1H3/t14-/m1/s1. The lowest BCUT2D eigenvalue weighted by atomic mass is 10.0. The van der Waals surface area contributed by atoms with E-state index in [9.17, 15) is 4.79 Å². The van der Waals surface area contributed by atoms with Gasteiger partial charge >= 0.3 is 0 Å². The molecule has 3 aromatic rings. The molecular weight excluding hydrogens is 465 g/mol. The molecule has 2 N–H and O–H groups in total. The lowest BCUT2D eigenvalue weighted by molar-refractivity contribution is -0.132. The number of rotatable bonds is 3. The quantitative estimate of drug-likeness (QED) is 0.576. The summed E-state index contributed by atoms with van der Waals surface area (Å²) in [5, 5.41) is 11.3. The number of nitrogens with zero attached hydrogens (tertiary/aromatic N) is 4. The molecule has 1 saturated heterocycles. The van der Waals surface area contributed by atoms with E-state index in [-0.39, 0.29) is 5.91 Å². The van der Waals surface area contributed by atoms with Gasteiger partial charge in [-0.25, -0.2) is 0 Å². The first-order valence-electron chi connectivity index (χ1n) is 9.35. The number of amides is 1. The van der Waals surface area contributed by atoms with Gasteiger partial charge in [0.1, 0.15) is 5.69 Å². The number of piperazine rings is 1. The van der Waals surface area contributed by atoms with Crippen molar-refractivity contribution in [2.24, 2.45) is 5.73 Å². The molecule has 1 aromatic heterocycles. The second-order valence-electron chi connectivity index (χ2n) is 7.03. The number of aromatic nitrogens is 2. The third kappa shape index (κ3) is 3.68. The largest absolute Gasteiger partial charge is 0.351 e. The van der Waals surface area contributed by atoms with Gasteiger partial charge in [0.15, 0.2) is 5.82 Å². The summed E-state index contributed by atoms with van der Waals surface area (Å²) in [5.74, 6) is 0.877. The van der Waals surface area contributed by atoms with Crippen LogP contribution in [0.2, 0.25) is 0 Å². The van der Waals surface area contributed by atoms with Crippen LogP contribution in [0.5, 0.6) is 0 Å². The van der Waals surface area contributed by atoms with Crippen LogP contribution in [-0.4, -0.2) is 53.2 Å². The van der Waals surface area contributed by atoms with Crippen LogP contribution in [0.3, 0.4) is 0 Å². The number of carbonyl (C=O) groups is 1. The first kappa shape index (κ1) is 19.1. The van der Waals surface area contributed by atoms with Gasteiger partial charge in [0, 0.05) is 46.1 Å². The molecule has 1 aliphatic rings. The highest BCUT2D eigenvalue weighted by Gasteiger charge is 2.25. The van der Waals surface area contributed by atoms with Crippen LogP contribution in [0.4, 0.5) is 5.82 Å². The van der Waals surface area contributed by atoms with Gasteiger partial charge in [-0.2, -0.15) is 0 Å². The van der Waals surface area contributed by atoms with Crippen LogP contribution in [-0.2, 0) is 4.79 Å². The normalized spacial score (nSPS) is 15.7. The van der Waals surface area contributed by atoms with Crippen molar-refractivity contribution >= 4 is 45.1 Å². The average Bonchev–Trinajstić information content (AvgIpc) is 2.73. The molecule has 0 unspecified atom stereocenters.